The molecule has 0 saturated carbocycles. The Labute approximate surface area is 125 Å². The Hall–Kier alpha value is -1.85. The van der Waals surface area contributed by atoms with Crippen molar-refractivity contribution in [2.75, 3.05) is 11.9 Å². The highest BCUT2D eigenvalue weighted by atomic mass is 35.5. The summed E-state index contributed by atoms with van der Waals surface area (Å²) in [6, 6.07) is 8.14. The lowest BCUT2D eigenvalue weighted by Gasteiger charge is -2.08. The minimum atomic E-state index is -0.439. The Kier molecular flexibility index (Phi) is 4.76. The summed E-state index contributed by atoms with van der Waals surface area (Å²) in [6.07, 6.45) is 0. The Balaban J connectivity index is 2.14. The van der Waals surface area contributed by atoms with E-state index in [1.807, 2.05) is 5.38 Å². The lowest BCUT2D eigenvalue weighted by atomic mass is 10.2. The van der Waals surface area contributed by atoms with E-state index in [9.17, 15) is 9.59 Å². The molecule has 0 atom stereocenters. The molecular weight excluding hydrogens is 298 g/mol. The molecule has 0 aliphatic carbocycles. The van der Waals surface area contributed by atoms with E-state index in [2.05, 4.69) is 5.32 Å². The van der Waals surface area contributed by atoms with Gasteiger partial charge in [0, 0.05) is 0 Å². The zero-order valence-corrected chi connectivity index (χ0v) is 12.3. The largest absolute Gasteiger partial charge is 0.462 e. The molecule has 4 nitrogen and oxygen atoms in total. The lowest BCUT2D eigenvalue weighted by Crippen LogP contribution is -2.11. The molecule has 0 radical (unpaired) electrons. The summed E-state index contributed by atoms with van der Waals surface area (Å²) in [5.41, 5.74) is 0.809. The van der Waals surface area contributed by atoms with Gasteiger partial charge in [0.15, 0.2) is 0 Å². The van der Waals surface area contributed by atoms with E-state index in [-0.39, 0.29) is 5.91 Å². The van der Waals surface area contributed by atoms with Gasteiger partial charge in [-0.05, 0) is 36.6 Å². The van der Waals surface area contributed by atoms with Gasteiger partial charge in [0.1, 0.15) is 0 Å². The van der Waals surface area contributed by atoms with E-state index in [1.165, 1.54) is 17.4 Å². The summed E-state index contributed by atoms with van der Waals surface area (Å²) in [5, 5.41) is 4.81. The topological polar surface area (TPSA) is 55.4 Å². The monoisotopic (exact) mass is 309 g/mol. The molecule has 20 heavy (non-hydrogen) atoms. The van der Waals surface area contributed by atoms with Crippen molar-refractivity contribution in [2.24, 2.45) is 0 Å². The second-order valence-corrected chi connectivity index (χ2v) is 5.20. The molecule has 1 heterocycles. The molecule has 1 aromatic carbocycles. The fourth-order valence-corrected chi connectivity index (χ4v) is 2.40. The highest BCUT2D eigenvalue weighted by molar-refractivity contribution is 7.12. The smallest absolute Gasteiger partial charge is 0.338 e. The second kappa shape index (κ2) is 6.54. The first-order valence-corrected chi connectivity index (χ1v) is 7.19. The van der Waals surface area contributed by atoms with Gasteiger partial charge < -0.3 is 10.1 Å². The van der Waals surface area contributed by atoms with Crippen LogP contribution in [0.5, 0.6) is 0 Å². The summed E-state index contributed by atoms with van der Waals surface area (Å²) >= 11 is 7.40. The molecule has 0 unspecified atom stereocenters. The fraction of sp³-hybridized carbons (Fsp3) is 0.143. The third-order valence-corrected chi connectivity index (χ3v) is 3.65. The Bertz CT molecular complexity index is 625. The first-order valence-electron chi connectivity index (χ1n) is 5.93. The van der Waals surface area contributed by atoms with Crippen LogP contribution in [0.25, 0.3) is 0 Å². The van der Waals surface area contributed by atoms with E-state index < -0.39 is 5.97 Å². The van der Waals surface area contributed by atoms with Crippen LogP contribution in [0.1, 0.15) is 27.0 Å². The van der Waals surface area contributed by atoms with Crippen LogP contribution in [0, 0.1) is 0 Å². The van der Waals surface area contributed by atoms with Crippen LogP contribution in [-0.2, 0) is 4.74 Å². The van der Waals surface area contributed by atoms with Crippen LogP contribution in [-0.4, -0.2) is 18.5 Å². The van der Waals surface area contributed by atoms with Crippen LogP contribution in [0.4, 0.5) is 5.69 Å². The number of anilines is 1. The Morgan fingerprint density at radius 1 is 1.35 bits per heavy atom. The molecule has 2 rings (SSSR count). The summed E-state index contributed by atoms with van der Waals surface area (Å²) < 4.78 is 4.88. The lowest BCUT2D eigenvalue weighted by molar-refractivity contribution is 0.0526. The van der Waals surface area contributed by atoms with Crippen molar-refractivity contribution in [1.29, 1.82) is 0 Å². The predicted molar refractivity (Wildman–Crippen MR) is 79.7 cm³/mol. The third kappa shape index (κ3) is 3.37. The first-order chi connectivity index (χ1) is 9.61. The number of ether oxygens (including phenoxy) is 1. The molecule has 2 aromatic rings. The van der Waals surface area contributed by atoms with Crippen LogP contribution >= 0.6 is 22.9 Å². The van der Waals surface area contributed by atoms with Gasteiger partial charge in [0.25, 0.3) is 5.91 Å². The van der Waals surface area contributed by atoms with Crippen LogP contribution < -0.4 is 5.32 Å². The molecule has 1 N–H and O–H groups in total. The zero-order chi connectivity index (χ0) is 14.5. The summed E-state index contributed by atoms with van der Waals surface area (Å²) in [5.74, 6) is -0.670. The number of halogens is 1. The van der Waals surface area contributed by atoms with E-state index in [0.29, 0.717) is 27.8 Å². The molecule has 1 amide bonds. The quantitative estimate of drug-likeness (QED) is 0.873. The normalized spacial score (nSPS) is 10.1. The van der Waals surface area contributed by atoms with Crippen molar-refractivity contribution in [2.45, 2.75) is 6.92 Å². The predicted octanol–water partition coefficient (Wildman–Crippen LogP) is 3.83. The standard InChI is InChI=1S/C14H12ClNO3S/c1-2-19-14(18)9-5-6-11(10(15)8-9)16-13(17)12-4-3-7-20-12/h3-8H,2H2,1H3,(H,16,17). The van der Waals surface area contributed by atoms with Gasteiger partial charge in [0.2, 0.25) is 0 Å². The summed E-state index contributed by atoms with van der Waals surface area (Å²) in [4.78, 5) is 24.0. The average molecular weight is 310 g/mol. The summed E-state index contributed by atoms with van der Waals surface area (Å²) in [7, 11) is 0. The fourth-order valence-electron chi connectivity index (χ4n) is 1.55. The van der Waals surface area contributed by atoms with Crippen LogP contribution in [0.3, 0.4) is 0 Å². The first kappa shape index (κ1) is 14.6. The molecule has 0 bridgehead atoms. The highest BCUT2D eigenvalue weighted by Gasteiger charge is 2.12. The van der Waals surface area contributed by atoms with Crippen LogP contribution in [0.2, 0.25) is 5.02 Å². The second-order valence-electron chi connectivity index (χ2n) is 3.85. The van der Waals surface area contributed by atoms with Gasteiger partial charge in [-0.1, -0.05) is 17.7 Å². The number of hydrogen-bond donors (Lipinski definition) is 1. The number of esters is 1. The Morgan fingerprint density at radius 3 is 2.75 bits per heavy atom. The van der Waals surface area contributed by atoms with Crippen LogP contribution in [0.15, 0.2) is 35.7 Å². The van der Waals surface area contributed by atoms with Gasteiger partial charge in [-0.3, -0.25) is 4.79 Å². The molecule has 0 aliphatic heterocycles. The van der Waals surface area contributed by atoms with Crippen molar-refractivity contribution < 1.29 is 14.3 Å². The highest BCUT2D eigenvalue weighted by Crippen LogP contribution is 2.24. The Morgan fingerprint density at radius 2 is 2.15 bits per heavy atom. The third-order valence-electron chi connectivity index (χ3n) is 2.47. The maximum absolute atomic E-state index is 11.9. The van der Waals surface area contributed by atoms with Crippen molar-refractivity contribution in [3.8, 4) is 0 Å². The van der Waals surface area contributed by atoms with Crippen molar-refractivity contribution in [1.82, 2.24) is 0 Å². The molecule has 0 spiro atoms. The van der Waals surface area contributed by atoms with Gasteiger partial charge in [-0.2, -0.15) is 0 Å². The SMILES string of the molecule is CCOC(=O)c1ccc(NC(=O)c2cccs2)c(Cl)c1. The molecule has 0 saturated heterocycles. The average Bonchev–Trinajstić information content (AvgIpc) is 2.95. The zero-order valence-electron chi connectivity index (χ0n) is 10.7. The maximum atomic E-state index is 11.9. The molecule has 0 aliphatic rings. The van der Waals surface area contributed by atoms with Gasteiger partial charge in [-0.15, -0.1) is 11.3 Å². The van der Waals surface area contributed by atoms with E-state index in [0.717, 1.165) is 0 Å². The van der Waals surface area contributed by atoms with Crippen molar-refractivity contribution >= 4 is 40.5 Å². The minimum absolute atomic E-state index is 0.231. The van der Waals surface area contributed by atoms with E-state index >= 15 is 0 Å². The number of rotatable bonds is 4. The van der Waals surface area contributed by atoms with Crippen molar-refractivity contribution in [3.63, 3.8) is 0 Å². The van der Waals surface area contributed by atoms with Gasteiger partial charge in [-0.25, -0.2) is 4.79 Å². The number of carbonyl (C=O) groups is 2. The number of carbonyl (C=O) groups excluding carboxylic acids is 2. The van der Waals surface area contributed by atoms with Gasteiger partial charge >= 0.3 is 5.97 Å². The number of benzene rings is 1. The van der Waals surface area contributed by atoms with E-state index in [1.54, 1.807) is 31.2 Å². The van der Waals surface area contributed by atoms with Gasteiger partial charge in [0.05, 0.1) is 27.8 Å². The van der Waals surface area contributed by atoms with E-state index in [4.69, 9.17) is 16.3 Å². The molecule has 0 fully saturated rings. The summed E-state index contributed by atoms with van der Waals surface area (Å²) in [6.45, 7) is 2.03. The molecule has 104 valence electrons. The number of hydrogen-bond acceptors (Lipinski definition) is 4. The maximum Gasteiger partial charge on any atom is 0.338 e. The molecule has 1 aromatic heterocycles. The number of amides is 1. The van der Waals surface area contributed by atoms with Crippen molar-refractivity contribution in [3.05, 3.63) is 51.2 Å². The number of thiophene rings is 1. The molecule has 6 heteroatoms. The minimum Gasteiger partial charge on any atom is -0.462 e. The number of nitrogens with one attached hydrogen (secondary N) is 1. The molecular formula is C14H12ClNO3S.